The maximum absolute atomic E-state index is 13.1. The molecule has 0 amide bonds. The number of rotatable bonds is 5. The molecule has 5 heteroatoms. The van der Waals surface area contributed by atoms with Crippen molar-refractivity contribution >= 4 is 17.6 Å². The highest BCUT2D eigenvalue weighted by molar-refractivity contribution is 6.29. The van der Waals surface area contributed by atoms with Gasteiger partial charge in [0.1, 0.15) is 11.0 Å². The van der Waals surface area contributed by atoms with Crippen molar-refractivity contribution in [3.8, 4) is 0 Å². The third-order valence-electron chi connectivity index (χ3n) is 2.99. The van der Waals surface area contributed by atoms with Crippen LogP contribution in [0, 0.1) is 11.7 Å². The molecule has 0 radical (unpaired) electrons. The molecule has 0 fully saturated rings. The first-order chi connectivity index (χ1) is 9.54. The lowest BCUT2D eigenvalue weighted by Crippen LogP contribution is -2.19. The Kier molecular flexibility index (Phi) is 4.69. The third kappa shape index (κ3) is 4.03. The number of hydrogen-bond donors (Lipinski definition) is 1. The van der Waals surface area contributed by atoms with Crippen LogP contribution < -0.4 is 0 Å². The van der Waals surface area contributed by atoms with Crippen molar-refractivity contribution in [2.24, 2.45) is 5.92 Å². The number of carboxylic acid groups (broad SMARTS) is 1. The third-order valence-corrected chi connectivity index (χ3v) is 3.20. The van der Waals surface area contributed by atoms with Crippen molar-refractivity contribution in [3.05, 3.63) is 64.7 Å². The van der Waals surface area contributed by atoms with Gasteiger partial charge >= 0.3 is 5.97 Å². The van der Waals surface area contributed by atoms with E-state index in [0.29, 0.717) is 17.1 Å². The molecular formula is C15H13ClFNO2. The quantitative estimate of drug-likeness (QED) is 0.860. The van der Waals surface area contributed by atoms with Gasteiger partial charge in [-0.15, -0.1) is 0 Å². The predicted molar refractivity (Wildman–Crippen MR) is 74.2 cm³/mol. The number of nitrogens with zero attached hydrogens (tertiary/aromatic N) is 1. The molecule has 3 nitrogen and oxygen atoms in total. The highest BCUT2D eigenvalue weighted by Gasteiger charge is 2.19. The van der Waals surface area contributed by atoms with Crippen LogP contribution in [-0.2, 0) is 17.6 Å². The fourth-order valence-corrected chi connectivity index (χ4v) is 2.25. The Morgan fingerprint density at radius 1 is 1.25 bits per heavy atom. The van der Waals surface area contributed by atoms with Crippen molar-refractivity contribution < 1.29 is 14.3 Å². The van der Waals surface area contributed by atoms with Crippen LogP contribution in [0.4, 0.5) is 4.39 Å². The summed E-state index contributed by atoms with van der Waals surface area (Å²) in [5.74, 6) is -1.91. The van der Waals surface area contributed by atoms with Crippen LogP contribution in [0.25, 0.3) is 0 Å². The molecule has 0 bridgehead atoms. The minimum atomic E-state index is -0.915. The Morgan fingerprint density at radius 3 is 2.55 bits per heavy atom. The van der Waals surface area contributed by atoms with Crippen LogP contribution >= 0.6 is 11.6 Å². The molecule has 0 spiro atoms. The second kappa shape index (κ2) is 6.48. The summed E-state index contributed by atoms with van der Waals surface area (Å²) in [6.45, 7) is 0. The van der Waals surface area contributed by atoms with Crippen LogP contribution in [0.1, 0.15) is 11.1 Å². The van der Waals surface area contributed by atoms with Crippen molar-refractivity contribution in [1.82, 2.24) is 4.98 Å². The zero-order valence-corrected chi connectivity index (χ0v) is 11.3. The summed E-state index contributed by atoms with van der Waals surface area (Å²) >= 11 is 5.78. The number of pyridine rings is 1. The lowest BCUT2D eigenvalue weighted by Gasteiger charge is -2.12. The molecule has 0 aliphatic carbocycles. The molecule has 0 aliphatic rings. The molecule has 1 unspecified atom stereocenters. The molecule has 1 atom stereocenters. The molecule has 0 aliphatic heterocycles. The number of aromatic nitrogens is 1. The van der Waals surface area contributed by atoms with E-state index in [1.54, 1.807) is 30.5 Å². The van der Waals surface area contributed by atoms with Crippen LogP contribution in [0.2, 0.25) is 5.15 Å². The first-order valence-corrected chi connectivity index (χ1v) is 6.50. The zero-order valence-electron chi connectivity index (χ0n) is 10.6. The maximum Gasteiger partial charge on any atom is 0.307 e. The van der Waals surface area contributed by atoms with Crippen LogP contribution in [0.5, 0.6) is 0 Å². The normalized spacial score (nSPS) is 12.1. The van der Waals surface area contributed by atoms with Gasteiger partial charge in [0.25, 0.3) is 0 Å². The molecule has 1 aromatic heterocycles. The number of hydrogen-bond acceptors (Lipinski definition) is 2. The molecular weight excluding hydrogens is 281 g/mol. The van der Waals surface area contributed by atoms with Gasteiger partial charge in [0.05, 0.1) is 5.92 Å². The van der Waals surface area contributed by atoms with E-state index in [2.05, 4.69) is 4.98 Å². The molecule has 1 N–H and O–H groups in total. The van der Waals surface area contributed by atoms with Crippen LogP contribution in [0.3, 0.4) is 0 Å². The van der Waals surface area contributed by atoms with E-state index in [1.807, 2.05) is 0 Å². The lowest BCUT2D eigenvalue weighted by atomic mass is 9.93. The Hall–Kier alpha value is -1.94. The van der Waals surface area contributed by atoms with Crippen LogP contribution in [-0.4, -0.2) is 16.1 Å². The fourth-order valence-electron chi connectivity index (χ4n) is 2.05. The van der Waals surface area contributed by atoms with Crippen molar-refractivity contribution in [1.29, 1.82) is 0 Å². The molecule has 2 rings (SSSR count). The summed E-state index contributed by atoms with van der Waals surface area (Å²) in [5, 5.41) is 9.62. The van der Waals surface area contributed by atoms with Crippen molar-refractivity contribution in [2.45, 2.75) is 12.8 Å². The molecule has 1 heterocycles. The van der Waals surface area contributed by atoms with E-state index in [9.17, 15) is 14.3 Å². The highest BCUT2D eigenvalue weighted by Crippen LogP contribution is 2.17. The zero-order chi connectivity index (χ0) is 14.5. The molecule has 1 aromatic carbocycles. The predicted octanol–water partition coefficient (Wildman–Crippen LogP) is 3.36. The summed E-state index contributed by atoms with van der Waals surface area (Å²) in [5.41, 5.74) is 1.46. The Morgan fingerprint density at radius 2 is 1.95 bits per heavy atom. The highest BCUT2D eigenvalue weighted by atomic mass is 35.5. The Bertz CT molecular complexity index is 571. The first-order valence-electron chi connectivity index (χ1n) is 6.12. The monoisotopic (exact) mass is 293 g/mol. The van der Waals surface area contributed by atoms with Gasteiger partial charge in [-0.25, -0.2) is 9.37 Å². The van der Waals surface area contributed by atoms with Crippen LogP contribution in [0.15, 0.2) is 42.6 Å². The standard InChI is InChI=1S/C15H13ClFNO2/c16-14-9-11(4-5-18-14)7-12(15(19)20)6-10-2-1-3-13(17)8-10/h1-5,8-9,12H,6-7H2,(H,19,20). The van der Waals surface area contributed by atoms with E-state index >= 15 is 0 Å². The molecule has 20 heavy (non-hydrogen) atoms. The summed E-state index contributed by atoms with van der Waals surface area (Å²) in [4.78, 5) is 15.2. The average molecular weight is 294 g/mol. The molecule has 2 aromatic rings. The van der Waals surface area contributed by atoms with Gasteiger partial charge < -0.3 is 5.11 Å². The summed E-state index contributed by atoms with van der Waals surface area (Å²) in [6.07, 6.45) is 2.14. The van der Waals surface area contributed by atoms with Gasteiger partial charge in [0.2, 0.25) is 0 Å². The van der Waals surface area contributed by atoms with Gasteiger partial charge in [-0.05, 0) is 48.2 Å². The van der Waals surface area contributed by atoms with Gasteiger partial charge in [-0.2, -0.15) is 0 Å². The Labute approximate surface area is 121 Å². The minimum Gasteiger partial charge on any atom is -0.481 e. The SMILES string of the molecule is O=C(O)C(Cc1cccc(F)c1)Cc1ccnc(Cl)c1. The second-order valence-corrected chi connectivity index (χ2v) is 4.95. The smallest absolute Gasteiger partial charge is 0.307 e. The van der Waals surface area contributed by atoms with Crippen molar-refractivity contribution in [3.63, 3.8) is 0 Å². The lowest BCUT2D eigenvalue weighted by molar-refractivity contribution is -0.141. The molecule has 0 saturated heterocycles. The van der Waals surface area contributed by atoms with Gasteiger partial charge in [0.15, 0.2) is 0 Å². The van der Waals surface area contributed by atoms with E-state index < -0.39 is 11.9 Å². The first kappa shape index (κ1) is 14.5. The van der Waals surface area contributed by atoms with Crippen molar-refractivity contribution in [2.75, 3.05) is 0 Å². The number of carbonyl (C=O) groups is 1. The second-order valence-electron chi connectivity index (χ2n) is 4.56. The summed E-state index contributed by atoms with van der Waals surface area (Å²) in [7, 11) is 0. The van der Waals surface area contributed by atoms with E-state index in [1.165, 1.54) is 12.1 Å². The Balaban J connectivity index is 2.13. The number of benzene rings is 1. The molecule has 0 saturated carbocycles. The number of aliphatic carboxylic acids is 1. The topological polar surface area (TPSA) is 50.2 Å². The summed E-state index contributed by atoms with van der Waals surface area (Å²) in [6, 6.07) is 9.36. The fraction of sp³-hybridized carbons (Fsp3) is 0.200. The maximum atomic E-state index is 13.1. The van der Waals surface area contributed by atoms with Gasteiger partial charge in [-0.1, -0.05) is 23.7 Å². The molecule has 104 valence electrons. The minimum absolute atomic E-state index is 0.271. The van der Waals surface area contributed by atoms with E-state index in [-0.39, 0.29) is 12.2 Å². The van der Waals surface area contributed by atoms with Gasteiger partial charge in [-0.3, -0.25) is 4.79 Å². The van der Waals surface area contributed by atoms with Gasteiger partial charge in [0, 0.05) is 6.20 Å². The van der Waals surface area contributed by atoms with E-state index in [4.69, 9.17) is 11.6 Å². The van der Waals surface area contributed by atoms with E-state index in [0.717, 1.165) is 5.56 Å². The average Bonchev–Trinajstić information content (AvgIpc) is 2.38. The number of carboxylic acids is 1. The number of halogens is 2. The largest absolute Gasteiger partial charge is 0.481 e. The summed E-state index contributed by atoms with van der Waals surface area (Å²) < 4.78 is 13.1.